The van der Waals surface area contributed by atoms with E-state index in [-0.39, 0.29) is 18.0 Å². The van der Waals surface area contributed by atoms with Crippen LogP contribution in [0.25, 0.3) is 0 Å². The highest BCUT2D eigenvalue weighted by atomic mass is 16.5. The Morgan fingerprint density at radius 1 is 1.32 bits per heavy atom. The Morgan fingerprint density at radius 3 is 2.68 bits per heavy atom. The van der Waals surface area contributed by atoms with Crippen LogP contribution in [0.2, 0.25) is 0 Å². The fourth-order valence-corrected chi connectivity index (χ4v) is 2.40. The van der Waals surface area contributed by atoms with Gasteiger partial charge in [0, 0.05) is 12.1 Å². The fourth-order valence-electron chi connectivity index (χ4n) is 2.40. The molecule has 0 aromatic heterocycles. The number of amides is 1. The summed E-state index contributed by atoms with van der Waals surface area (Å²) in [6, 6.07) is 5.52. The lowest BCUT2D eigenvalue weighted by atomic mass is 10.1. The van der Waals surface area contributed by atoms with Crippen molar-refractivity contribution in [1.82, 2.24) is 5.32 Å². The number of rotatable bonds is 4. The number of hydrogen-bond acceptors (Lipinski definition) is 4. The van der Waals surface area contributed by atoms with Gasteiger partial charge < -0.3 is 20.5 Å². The summed E-state index contributed by atoms with van der Waals surface area (Å²) in [6.45, 7) is 0. The molecule has 2 unspecified atom stereocenters. The predicted molar refractivity (Wildman–Crippen MR) is 72.6 cm³/mol. The summed E-state index contributed by atoms with van der Waals surface area (Å²) in [7, 11) is 3.11. The summed E-state index contributed by atoms with van der Waals surface area (Å²) in [5.74, 6) is 1.03. The van der Waals surface area contributed by atoms with Crippen molar-refractivity contribution in [3.8, 4) is 11.5 Å². The number of carbonyl (C=O) groups is 1. The smallest absolute Gasteiger partial charge is 0.255 e. The van der Waals surface area contributed by atoms with E-state index < -0.39 is 0 Å². The molecule has 0 spiro atoms. The minimum absolute atomic E-state index is 0.144. The number of benzene rings is 1. The molecule has 5 heteroatoms. The van der Waals surface area contributed by atoms with Crippen LogP contribution >= 0.6 is 0 Å². The monoisotopic (exact) mass is 264 g/mol. The van der Waals surface area contributed by atoms with Gasteiger partial charge in [-0.2, -0.15) is 0 Å². The van der Waals surface area contributed by atoms with E-state index in [9.17, 15) is 4.79 Å². The van der Waals surface area contributed by atoms with Gasteiger partial charge in [-0.25, -0.2) is 0 Å². The van der Waals surface area contributed by atoms with Gasteiger partial charge >= 0.3 is 0 Å². The van der Waals surface area contributed by atoms with E-state index in [2.05, 4.69) is 5.32 Å². The molecule has 2 atom stereocenters. The first-order valence-electron chi connectivity index (χ1n) is 6.42. The molecule has 1 fully saturated rings. The van der Waals surface area contributed by atoms with Crippen molar-refractivity contribution >= 4 is 5.91 Å². The Labute approximate surface area is 113 Å². The maximum Gasteiger partial charge on any atom is 0.255 e. The van der Waals surface area contributed by atoms with Crippen molar-refractivity contribution in [3.63, 3.8) is 0 Å². The molecule has 104 valence electrons. The van der Waals surface area contributed by atoms with E-state index >= 15 is 0 Å². The molecule has 1 aliphatic rings. The SMILES string of the molecule is COc1ccc(OC)c(C(=O)NC2CCC(N)C2)c1. The van der Waals surface area contributed by atoms with Crippen LogP contribution in [0.4, 0.5) is 0 Å². The lowest BCUT2D eigenvalue weighted by Crippen LogP contribution is -2.34. The van der Waals surface area contributed by atoms with Gasteiger partial charge in [0.2, 0.25) is 0 Å². The molecule has 0 saturated heterocycles. The van der Waals surface area contributed by atoms with Crippen LogP contribution in [-0.4, -0.2) is 32.2 Å². The van der Waals surface area contributed by atoms with Crippen molar-refractivity contribution < 1.29 is 14.3 Å². The zero-order valence-corrected chi connectivity index (χ0v) is 11.3. The number of ether oxygens (including phenoxy) is 2. The fraction of sp³-hybridized carbons (Fsp3) is 0.500. The Balaban J connectivity index is 2.13. The van der Waals surface area contributed by atoms with Gasteiger partial charge in [0.05, 0.1) is 19.8 Å². The van der Waals surface area contributed by atoms with E-state index in [4.69, 9.17) is 15.2 Å². The third-order valence-corrected chi connectivity index (χ3v) is 3.46. The molecule has 0 aliphatic heterocycles. The molecule has 1 aromatic carbocycles. The molecular weight excluding hydrogens is 244 g/mol. The highest BCUT2D eigenvalue weighted by molar-refractivity contribution is 5.97. The lowest BCUT2D eigenvalue weighted by molar-refractivity contribution is 0.0934. The molecule has 19 heavy (non-hydrogen) atoms. The number of nitrogens with two attached hydrogens (primary N) is 1. The molecular formula is C14H20N2O3. The summed E-state index contributed by atoms with van der Waals surface area (Å²) < 4.78 is 10.3. The second-order valence-corrected chi connectivity index (χ2v) is 4.81. The van der Waals surface area contributed by atoms with Crippen LogP contribution in [0.1, 0.15) is 29.6 Å². The molecule has 1 amide bonds. The van der Waals surface area contributed by atoms with E-state index in [0.717, 1.165) is 19.3 Å². The molecule has 0 bridgehead atoms. The zero-order valence-electron chi connectivity index (χ0n) is 11.3. The Kier molecular flexibility index (Phi) is 4.27. The highest BCUT2D eigenvalue weighted by Gasteiger charge is 2.24. The van der Waals surface area contributed by atoms with Crippen molar-refractivity contribution in [2.24, 2.45) is 5.73 Å². The second-order valence-electron chi connectivity index (χ2n) is 4.81. The second kappa shape index (κ2) is 5.93. The number of hydrogen-bond donors (Lipinski definition) is 2. The standard InChI is InChI=1S/C14H20N2O3/c1-18-11-5-6-13(19-2)12(8-11)14(17)16-10-4-3-9(15)7-10/h5-6,8-10H,3-4,7,15H2,1-2H3,(H,16,17). The van der Waals surface area contributed by atoms with E-state index in [0.29, 0.717) is 17.1 Å². The van der Waals surface area contributed by atoms with Crippen molar-refractivity contribution in [2.75, 3.05) is 14.2 Å². The summed E-state index contributed by atoms with van der Waals surface area (Å²) in [5.41, 5.74) is 6.33. The average molecular weight is 264 g/mol. The van der Waals surface area contributed by atoms with Crippen molar-refractivity contribution in [1.29, 1.82) is 0 Å². The van der Waals surface area contributed by atoms with Crippen LogP contribution in [-0.2, 0) is 0 Å². The molecule has 5 nitrogen and oxygen atoms in total. The zero-order chi connectivity index (χ0) is 13.8. The minimum Gasteiger partial charge on any atom is -0.497 e. The normalized spacial score (nSPS) is 22.1. The van der Waals surface area contributed by atoms with Crippen molar-refractivity contribution in [3.05, 3.63) is 23.8 Å². The summed E-state index contributed by atoms with van der Waals surface area (Å²) in [5, 5.41) is 3.00. The molecule has 1 aromatic rings. The van der Waals surface area contributed by atoms with Gasteiger partial charge in [-0.05, 0) is 37.5 Å². The summed E-state index contributed by atoms with van der Waals surface area (Å²) in [4.78, 5) is 12.3. The third-order valence-electron chi connectivity index (χ3n) is 3.46. The predicted octanol–water partition coefficient (Wildman–Crippen LogP) is 1.31. The van der Waals surface area contributed by atoms with Crippen LogP contribution in [0.5, 0.6) is 11.5 Å². The first kappa shape index (κ1) is 13.7. The van der Waals surface area contributed by atoms with Crippen LogP contribution in [0, 0.1) is 0 Å². The Hall–Kier alpha value is -1.75. The Bertz CT molecular complexity index is 462. The van der Waals surface area contributed by atoms with E-state index in [1.807, 2.05) is 0 Å². The van der Waals surface area contributed by atoms with Gasteiger partial charge in [-0.15, -0.1) is 0 Å². The quantitative estimate of drug-likeness (QED) is 0.860. The number of carbonyl (C=O) groups excluding carboxylic acids is 1. The van der Waals surface area contributed by atoms with E-state index in [1.54, 1.807) is 32.4 Å². The van der Waals surface area contributed by atoms with E-state index in [1.165, 1.54) is 0 Å². The molecule has 1 saturated carbocycles. The lowest BCUT2D eigenvalue weighted by Gasteiger charge is -2.15. The first-order chi connectivity index (χ1) is 9.13. The van der Waals surface area contributed by atoms with Crippen LogP contribution in [0.3, 0.4) is 0 Å². The van der Waals surface area contributed by atoms with Gasteiger partial charge in [-0.3, -0.25) is 4.79 Å². The van der Waals surface area contributed by atoms with Gasteiger partial charge in [0.1, 0.15) is 11.5 Å². The maximum absolute atomic E-state index is 12.3. The molecule has 0 heterocycles. The van der Waals surface area contributed by atoms with Crippen LogP contribution in [0.15, 0.2) is 18.2 Å². The van der Waals surface area contributed by atoms with Crippen LogP contribution < -0.4 is 20.5 Å². The van der Waals surface area contributed by atoms with Gasteiger partial charge in [0.25, 0.3) is 5.91 Å². The average Bonchev–Trinajstić information content (AvgIpc) is 2.83. The number of methoxy groups -OCH3 is 2. The third kappa shape index (κ3) is 3.17. The first-order valence-corrected chi connectivity index (χ1v) is 6.42. The molecule has 0 radical (unpaired) electrons. The molecule has 2 rings (SSSR count). The van der Waals surface area contributed by atoms with Crippen molar-refractivity contribution in [2.45, 2.75) is 31.3 Å². The largest absolute Gasteiger partial charge is 0.497 e. The minimum atomic E-state index is -0.144. The summed E-state index contributed by atoms with van der Waals surface area (Å²) >= 11 is 0. The topological polar surface area (TPSA) is 73.6 Å². The Morgan fingerprint density at radius 2 is 2.11 bits per heavy atom. The van der Waals surface area contributed by atoms with Gasteiger partial charge in [-0.1, -0.05) is 0 Å². The maximum atomic E-state index is 12.3. The highest BCUT2D eigenvalue weighted by Crippen LogP contribution is 2.25. The molecule has 3 N–H and O–H groups in total. The number of nitrogens with one attached hydrogen (secondary N) is 1. The van der Waals surface area contributed by atoms with Gasteiger partial charge in [0.15, 0.2) is 0 Å². The summed E-state index contributed by atoms with van der Waals surface area (Å²) in [6.07, 6.45) is 2.72. The molecule has 1 aliphatic carbocycles.